The minimum Gasteiger partial charge on any atom is -0.506 e. The predicted molar refractivity (Wildman–Crippen MR) is 179 cm³/mol. The Bertz CT molecular complexity index is 1380. The van der Waals surface area contributed by atoms with E-state index in [1.807, 2.05) is 32.9 Å². The zero-order valence-electron chi connectivity index (χ0n) is 28.2. The van der Waals surface area contributed by atoms with Crippen molar-refractivity contribution in [2.75, 3.05) is 23.3 Å². The highest BCUT2D eigenvalue weighted by atomic mass is 16.3. The fourth-order valence-electron chi connectivity index (χ4n) is 6.90. The molecule has 3 aliphatic rings. The molecule has 0 bridgehead atoms. The number of rotatable bonds is 11. The molecular weight excluding hydrogens is 552 g/mol. The van der Waals surface area contributed by atoms with E-state index in [4.69, 9.17) is 5.10 Å². The molecule has 1 aromatic rings. The first-order valence-electron chi connectivity index (χ1n) is 16.6. The monoisotopic (exact) mass is 604 g/mol. The quantitative estimate of drug-likeness (QED) is 0.255. The van der Waals surface area contributed by atoms with E-state index in [1.165, 1.54) is 25.7 Å². The molecular formula is C36H52N4O4. The summed E-state index contributed by atoms with van der Waals surface area (Å²) in [5.41, 5.74) is 2.15. The predicted octanol–water partition coefficient (Wildman–Crippen LogP) is 7.52. The van der Waals surface area contributed by atoms with Gasteiger partial charge in [-0.15, -0.1) is 0 Å². The summed E-state index contributed by atoms with van der Waals surface area (Å²) in [5, 5.41) is 21.0. The maximum Gasteiger partial charge on any atom is 0.277 e. The van der Waals surface area contributed by atoms with Gasteiger partial charge in [0.15, 0.2) is 0 Å². The van der Waals surface area contributed by atoms with Crippen molar-refractivity contribution in [1.82, 2.24) is 5.01 Å². The minimum atomic E-state index is -0.663. The number of benzene rings is 1. The Kier molecular flexibility index (Phi) is 10.1. The van der Waals surface area contributed by atoms with Crippen molar-refractivity contribution in [3.63, 3.8) is 0 Å². The number of carbonyl (C=O) groups excluding carboxylic acids is 3. The zero-order chi connectivity index (χ0) is 32.5. The smallest absolute Gasteiger partial charge is 0.277 e. The van der Waals surface area contributed by atoms with Crippen LogP contribution >= 0.6 is 0 Å². The van der Waals surface area contributed by atoms with Gasteiger partial charge in [-0.2, -0.15) is 5.10 Å². The number of aliphatic hydroxyl groups is 1. The van der Waals surface area contributed by atoms with Gasteiger partial charge in [-0.1, -0.05) is 74.1 Å². The second-order valence-corrected chi connectivity index (χ2v) is 14.3. The lowest BCUT2D eigenvalue weighted by Crippen LogP contribution is -2.41. The van der Waals surface area contributed by atoms with E-state index < -0.39 is 11.2 Å². The lowest BCUT2D eigenvalue weighted by Gasteiger charge is -2.31. The molecule has 1 aromatic carbocycles. The number of Topliss-reactive ketones (excluding diaryl/α,β-unsaturated/α-hetero) is 1. The number of anilines is 2. The molecule has 0 unspecified atom stereocenters. The molecule has 240 valence electrons. The summed E-state index contributed by atoms with van der Waals surface area (Å²) in [6, 6.07) is 5.41. The molecule has 2 N–H and O–H groups in total. The first kappa shape index (κ1) is 33.5. The average Bonchev–Trinajstić information content (AvgIpc) is 3.57. The second-order valence-electron chi connectivity index (χ2n) is 14.3. The summed E-state index contributed by atoms with van der Waals surface area (Å²) in [6.07, 6.45) is 6.31. The molecule has 1 aliphatic heterocycles. The summed E-state index contributed by atoms with van der Waals surface area (Å²) in [7, 11) is 0. The number of hydrogen-bond donors (Lipinski definition) is 2. The highest BCUT2D eigenvalue weighted by molar-refractivity contribution is 6.44. The van der Waals surface area contributed by atoms with Crippen LogP contribution < -0.4 is 10.2 Å². The summed E-state index contributed by atoms with van der Waals surface area (Å²) < 4.78 is 0. The maximum absolute atomic E-state index is 14.0. The Hall–Kier alpha value is -3.42. The van der Waals surface area contributed by atoms with Crippen LogP contribution in [0.2, 0.25) is 0 Å². The van der Waals surface area contributed by atoms with Crippen LogP contribution in [-0.2, 0) is 14.4 Å². The molecule has 2 amide bonds. The minimum absolute atomic E-state index is 0.0462. The maximum atomic E-state index is 14.0. The zero-order valence-corrected chi connectivity index (χ0v) is 28.2. The number of hydrazone groups is 1. The summed E-state index contributed by atoms with van der Waals surface area (Å²) in [4.78, 5) is 43.3. The van der Waals surface area contributed by atoms with Crippen LogP contribution in [0.15, 0.2) is 40.2 Å². The summed E-state index contributed by atoms with van der Waals surface area (Å²) in [6.45, 7) is 19.5. The molecule has 1 heterocycles. The Morgan fingerprint density at radius 2 is 1.64 bits per heavy atom. The van der Waals surface area contributed by atoms with E-state index in [2.05, 4.69) is 51.8 Å². The van der Waals surface area contributed by atoms with Crippen LogP contribution in [0.1, 0.15) is 106 Å². The van der Waals surface area contributed by atoms with Crippen LogP contribution in [0.5, 0.6) is 0 Å². The number of nitrogens with one attached hydrogen (secondary N) is 1. The normalized spacial score (nSPS) is 19.5. The Labute approximate surface area is 263 Å². The molecule has 1 fully saturated rings. The van der Waals surface area contributed by atoms with Gasteiger partial charge in [-0.25, -0.2) is 5.01 Å². The Balaban J connectivity index is 1.81. The van der Waals surface area contributed by atoms with Crippen molar-refractivity contribution in [2.24, 2.45) is 28.3 Å². The molecule has 1 saturated carbocycles. The first-order valence-corrected chi connectivity index (χ1v) is 16.6. The number of hydrogen-bond acceptors (Lipinski definition) is 6. The second kappa shape index (κ2) is 13.3. The third kappa shape index (κ3) is 6.50. The van der Waals surface area contributed by atoms with Gasteiger partial charge in [0.25, 0.3) is 5.91 Å². The van der Waals surface area contributed by atoms with E-state index >= 15 is 0 Å². The largest absolute Gasteiger partial charge is 0.506 e. The molecule has 8 heteroatoms. The number of ketones is 1. The summed E-state index contributed by atoms with van der Waals surface area (Å²) in [5.74, 6) is -0.191. The van der Waals surface area contributed by atoms with Gasteiger partial charge < -0.3 is 15.3 Å². The van der Waals surface area contributed by atoms with E-state index in [-0.39, 0.29) is 52.2 Å². The molecule has 44 heavy (non-hydrogen) atoms. The van der Waals surface area contributed by atoms with E-state index in [0.29, 0.717) is 29.3 Å². The third-order valence-electron chi connectivity index (χ3n) is 9.36. The molecule has 0 atom stereocenters. The van der Waals surface area contributed by atoms with Gasteiger partial charge >= 0.3 is 0 Å². The van der Waals surface area contributed by atoms with Gasteiger partial charge in [0.1, 0.15) is 5.76 Å². The number of nitrogens with zero attached hydrogens (tertiary/aromatic N) is 3. The van der Waals surface area contributed by atoms with Crippen molar-refractivity contribution in [3.8, 4) is 0 Å². The molecule has 0 aromatic heterocycles. The van der Waals surface area contributed by atoms with Gasteiger partial charge in [-0.3, -0.25) is 14.4 Å². The van der Waals surface area contributed by atoms with Crippen LogP contribution in [0.25, 0.3) is 5.57 Å². The molecule has 0 saturated heterocycles. The fourth-order valence-corrected chi connectivity index (χ4v) is 6.90. The molecule has 4 rings (SSSR count). The van der Waals surface area contributed by atoms with E-state index in [9.17, 15) is 19.5 Å². The molecule has 0 spiro atoms. The number of carbonyl (C=O) groups is 3. The first-order chi connectivity index (χ1) is 20.7. The number of aliphatic hydroxyl groups excluding tert-OH is 1. The number of allylic oxidation sites excluding steroid dienone is 2. The lowest BCUT2D eigenvalue weighted by atomic mass is 9.78. The SMILES string of the molecule is CCN(CC)c1ccc(C2=C(O)C(=C3C(=O)N(C(C(C)C)C(C)C)N=C3CCC3CCCC3)C2=O)c(NC(=O)C(C)(C)C)c1. The molecule has 2 aliphatic carbocycles. The Morgan fingerprint density at radius 3 is 2.16 bits per heavy atom. The highest BCUT2D eigenvalue weighted by Crippen LogP contribution is 2.44. The van der Waals surface area contributed by atoms with Crippen molar-refractivity contribution in [1.29, 1.82) is 0 Å². The highest BCUT2D eigenvalue weighted by Gasteiger charge is 2.46. The van der Waals surface area contributed by atoms with Gasteiger partial charge in [0, 0.05) is 29.8 Å². The number of amides is 2. The summed E-state index contributed by atoms with van der Waals surface area (Å²) >= 11 is 0. The molecule has 0 radical (unpaired) electrons. The standard InChI is InChI=1S/C36H52N4O4/c1-10-39(11-2)24-17-18-25(27(20-24)37-35(44)36(7,8)9)28-32(41)30(33(28)42)29-26(19-16-23-14-12-13-15-23)38-40(34(29)43)31(21(3)4)22(5)6/h17-18,20-23,31,41H,10-16,19H2,1-9H3,(H,37,44). The lowest BCUT2D eigenvalue weighted by molar-refractivity contribution is -0.130. The van der Waals surface area contributed by atoms with Gasteiger partial charge in [0.05, 0.1) is 34.2 Å². The third-order valence-corrected chi connectivity index (χ3v) is 9.36. The van der Waals surface area contributed by atoms with Crippen molar-refractivity contribution in [2.45, 2.75) is 107 Å². The van der Waals surface area contributed by atoms with Gasteiger partial charge in [-0.05, 0) is 62.6 Å². The van der Waals surface area contributed by atoms with Crippen molar-refractivity contribution < 1.29 is 19.5 Å². The van der Waals surface area contributed by atoms with Crippen LogP contribution in [0.4, 0.5) is 11.4 Å². The van der Waals surface area contributed by atoms with E-state index in [1.54, 1.807) is 11.1 Å². The van der Waals surface area contributed by atoms with E-state index in [0.717, 1.165) is 25.2 Å². The van der Waals surface area contributed by atoms with Crippen LogP contribution in [0, 0.1) is 23.2 Å². The fraction of sp³-hybridized carbons (Fsp3) is 0.611. The van der Waals surface area contributed by atoms with Crippen LogP contribution in [-0.4, -0.2) is 52.6 Å². The topological polar surface area (TPSA) is 102 Å². The average molecular weight is 605 g/mol. The van der Waals surface area contributed by atoms with Crippen LogP contribution in [0.3, 0.4) is 0 Å². The Morgan fingerprint density at radius 1 is 1.02 bits per heavy atom. The molecule has 8 nitrogen and oxygen atoms in total. The van der Waals surface area contributed by atoms with Crippen molar-refractivity contribution >= 4 is 40.3 Å². The van der Waals surface area contributed by atoms with Crippen molar-refractivity contribution in [3.05, 3.63) is 40.7 Å². The van der Waals surface area contributed by atoms with Gasteiger partial charge in [0.2, 0.25) is 11.7 Å².